The Labute approximate surface area is 164 Å². The number of nitrogens with zero attached hydrogens (tertiary/aromatic N) is 3. The Morgan fingerprint density at radius 1 is 0.643 bits per heavy atom. The molecule has 3 aromatic heterocycles. The second-order valence-electron chi connectivity index (χ2n) is 6.11. The van der Waals surface area contributed by atoms with Gasteiger partial charge < -0.3 is 0 Å². The van der Waals surface area contributed by atoms with E-state index >= 15 is 0 Å². The van der Waals surface area contributed by atoms with E-state index in [2.05, 4.69) is 21.8 Å². The van der Waals surface area contributed by atoms with Gasteiger partial charge in [0.1, 0.15) is 0 Å². The monoisotopic (exact) mass is 357 g/mol. The quantitative estimate of drug-likeness (QED) is 0.493. The van der Waals surface area contributed by atoms with Crippen LogP contribution in [0.25, 0.3) is 33.9 Å². The molecule has 0 aliphatic carbocycles. The predicted octanol–water partition coefficient (Wildman–Crippen LogP) is 4.84. The highest BCUT2D eigenvalue weighted by molar-refractivity contribution is 5.82. The van der Waals surface area contributed by atoms with E-state index in [0.29, 0.717) is 0 Å². The number of hydrogen-bond donors (Lipinski definition) is 0. The molecule has 28 heavy (non-hydrogen) atoms. The van der Waals surface area contributed by atoms with Crippen LogP contribution in [0.5, 0.6) is 0 Å². The van der Waals surface area contributed by atoms with E-state index in [1.54, 1.807) is 12.4 Å². The second-order valence-corrected chi connectivity index (χ2v) is 6.11. The van der Waals surface area contributed by atoms with Crippen LogP contribution in [0.1, 0.15) is 11.1 Å². The van der Waals surface area contributed by atoms with Gasteiger partial charge in [-0.25, -0.2) is 4.98 Å². The topological polar surface area (TPSA) is 38.7 Å². The van der Waals surface area contributed by atoms with Crippen molar-refractivity contribution in [3.63, 3.8) is 0 Å². The third kappa shape index (κ3) is 3.38. The minimum atomic E-state index is 0.728. The zero-order valence-electron chi connectivity index (χ0n) is 15.0. The largest absolute Gasteiger partial charge is 0.255 e. The molecular weight excluding hydrogens is 342 g/mol. The average molecular weight is 357 g/mol. The maximum atomic E-state index is 5.61. The Bertz CT molecular complexity index is 1180. The highest BCUT2D eigenvalue weighted by Gasteiger charge is 2.14. The number of rotatable bonds is 3. The molecule has 3 nitrogen and oxygen atoms in total. The summed E-state index contributed by atoms with van der Waals surface area (Å²) >= 11 is 0. The maximum absolute atomic E-state index is 5.61. The standard InChI is InChI=1S/C25H15N3/c1-3-18-15-19(4-2)17-20(16-18)21-11-12-23(22-9-5-7-13-26-22)28-25(21)24-10-6-8-14-27-24/h1-2,5-17H. The van der Waals surface area contributed by atoms with E-state index in [-0.39, 0.29) is 0 Å². The summed E-state index contributed by atoms with van der Waals surface area (Å²) in [6.45, 7) is 0. The lowest BCUT2D eigenvalue weighted by atomic mass is 9.97. The molecule has 0 aliphatic heterocycles. The molecule has 1 aromatic carbocycles. The molecule has 4 rings (SSSR count). The van der Waals surface area contributed by atoms with Crippen LogP contribution in [0.4, 0.5) is 0 Å². The molecule has 0 radical (unpaired) electrons. The molecule has 0 unspecified atom stereocenters. The summed E-state index contributed by atoms with van der Waals surface area (Å²) in [7, 11) is 0. The molecule has 3 heterocycles. The molecule has 0 amide bonds. The second kappa shape index (κ2) is 7.58. The fourth-order valence-corrected chi connectivity index (χ4v) is 3.00. The normalized spacial score (nSPS) is 10.1. The minimum absolute atomic E-state index is 0.728. The Balaban J connectivity index is 1.96. The number of benzene rings is 1. The molecule has 0 saturated carbocycles. The van der Waals surface area contributed by atoms with Gasteiger partial charge >= 0.3 is 0 Å². The van der Waals surface area contributed by atoms with Crippen molar-refractivity contribution >= 4 is 0 Å². The highest BCUT2D eigenvalue weighted by atomic mass is 14.8. The summed E-state index contributed by atoms with van der Waals surface area (Å²) in [4.78, 5) is 13.8. The van der Waals surface area contributed by atoms with E-state index in [1.165, 1.54) is 0 Å². The molecule has 0 aliphatic rings. The zero-order chi connectivity index (χ0) is 19.3. The van der Waals surface area contributed by atoms with E-state index in [4.69, 9.17) is 17.8 Å². The molecule has 0 bridgehead atoms. The van der Waals surface area contributed by atoms with Crippen LogP contribution < -0.4 is 0 Å². The number of terminal acetylenes is 2. The predicted molar refractivity (Wildman–Crippen MR) is 112 cm³/mol. The van der Waals surface area contributed by atoms with Gasteiger partial charge in [0.15, 0.2) is 0 Å². The summed E-state index contributed by atoms with van der Waals surface area (Å²) in [6, 6.07) is 21.1. The fourth-order valence-electron chi connectivity index (χ4n) is 3.00. The number of hydrogen-bond acceptors (Lipinski definition) is 3. The first-order chi connectivity index (χ1) is 13.8. The van der Waals surface area contributed by atoms with Crippen LogP contribution in [-0.4, -0.2) is 15.0 Å². The van der Waals surface area contributed by atoms with Crippen LogP contribution >= 0.6 is 0 Å². The molecule has 0 N–H and O–H groups in total. The van der Waals surface area contributed by atoms with Gasteiger partial charge in [0.05, 0.1) is 22.8 Å². The van der Waals surface area contributed by atoms with E-state index < -0.39 is 0 Å². The van der Waals surface area contributed by atoms with E-state index in [0.717, 1.165) is 45.0 Å². The lowest BCUT2D eigenvalue weighted by Crippen LogP contribution is -1.96. The summed E-state index contributed by atoms with van der Waals surface area (Å²) in [5, 5.41) is 0. The Morgan fingerprint density at radius 2 is 1.29 bits per heavy atom. The van der Waals surface area contributed by atoms with Crippen LogP contribution in [0.2, 0.25) is 0 Å². The minimum Gasteiger partial charge on any atom is -0.255 e. The first-order valence-corrected chi connectivity index (χ1v) is 8.71. The molecule has 0 saturated heterocycles. The first kappa shape index (κ1) is 17.2. The molecule has 3 heteroatoms. The van der Waals surface area contributed by atoms with Gasteiger partial charge in [-0.15, -0.1) is 12.8 Å². The molecule has 0 spiro atoms. The molecule has 130 valence electrons. The Kier molecular flexibility index (Phi) is 4.66. The van der Waals surface area contributed by atoms with Gasteiger partial charge in [-0.1, -0.05) is 24.0 Å². The summed E-state index contributed by atoms with van der Waals surface area (Å²) in [5.41, 5.74) is 6.36. The van der Waals surface area contributed by atoms with Gasteiger partial charge in [0, 0.05) is 29.1 Å². The lowest BCUT2D eigenvalue weighted by molar-refractivity contribution is 1.22. The van der Waals surface area contributed by atoms with Crippen molar-refractivity contribution in [1.29, 1.82) is 0 Å². The van der Waals surface area contributed by atoms with Crippen molar-refractivity contribution in [3.05, 3.63) is 90.3 Å². The van der Waals surface area contributed by atoms with Crippen molar-refractivity contribution in [3.8, 4) is 58.6 Å². The van der Waals surface area contributed by atoms with Crippen LogP contribution in [0, 0.1) is 24.7 Å². The fraction of sp³-hybridized carbons (Fsp3) is 0. The van der Waals surface area contributed by atoms with Crippen molar-refractivity contribution in [1.82, 2.24) is 15.0 Å². The summed E-state index contributed by atoms with van der Waals surface area (Å²) in [5.74, 6) is 5.33. The maximum Gasteiger partial charge on any atom is 0.0972 e. The first-order valence-electron chi connectivity index (χ1n) is 8.71. The van der Waals surface area contributed by atoms with Crippen LogP contribution in [0.3, 0.4) is 0 Å². The van der Waals surface area contributed by atoms with Crippen LogP contribution in [0.15, 0.2) is 79.1 Å². The molecule has 0 fully saturated rings. The molecular formula is C25H15N3. The number of aromatic nitrogens is 3. The van der Waals surface area contributed by atoms with E-state index in [9.17, 15) is 0 Å². The summed E-state index contributed by atoms with van der Waals surface area (Å²) < 4.78 is 0. The van der Waals surface area contributed by atoms with Gasteiger partial charge in [-0.05, 0) is 60.2 Å². The highest BCUT2D eigenvalue weighted by Crippen LogP contribution is 2.32. The van der Waals surface area contributed by atoms with Crippen molar-refractivity contribution in [2.75, 3.05) is 0 Å². The third-order valence-electron chi connectivity index (χ3n) is 4.31. The van der Waals surface area contributed by atoms with Gasteiger partial charge in [0.2, 0.25) is 0 Å². The summed E-state index contributed by atoms with van der Waals surface area (Å²) in [6.07, 6.45) is 14.7. The zero-order valence-corrected chi connectivity index (χ0v) is 15.0. The Hall–Kier alpha value is -4.21. The van der Waals surface area contributed by atoms with Crippen molar-refractivity contribution < 1.29 is 0 Å². The van der Waals surface area contributed by atoms with Crippen LogP contribution in [-0.2, 0) is 0 Å². The molecule has 0 atom stereocenters. The smallest absolute Gasteiger partial charge is 0.0972 e. The van der Waals surface area contributed by atoms with Gasteiger partial charge in [-0.2, -0.15) is 0 Å². The Morgan fingerprint density at radius 3 is 1.86 bits per heavy atom. The van der Waals surface area contributed by atoms with Crippen molar-refractivity contribution in [2.24, 2.45) is 0 Å². The number of pyridine rings is 3. The lowest BCUT2D eigenvalue weighted by Gasteiger charge is -2.12. The SMILES string of the molecule is C#Cc1cc(C#C)cc(-c2ccc(-c3ccccn3)nc2-c2ccccn2)c1. The average Bonchev–Trinajstić information content (AvgIpc) is 2.79. The van der Waals surface area contributed by atoms with Crippen molar-refractivity contribution in [2.45, 2.75) is 0 Å². The van der Waals surface area contributed by atoms with E-state index in [1.807, 2.05) is 66.7 Å². The third-order valence-corrected chi connectivity index (χ3v) is 4.31. The van der Waals surface area contributed by atoms with Gasteiger partial charge in [0.25, 0.3) is 0 Å². The van der Waals surface area contributed by atoms with Gasteiger partial charge in [-0.3, -0.25) is 9.97 Å². The molecule has 4 aromatic rings.